The number of sulfone groups is 1. The zero-order valence-corrected chi connectivity index (χ0v) is 10.8. The van der Waals surface area contributed by atoms with Gasteiger partial charge in [0, 0.05) is 12.2 Å². The first-order valence-corrected chi connectivity index (χ1v) is 7.22. The van der Waals surface area contributed by atoms with Crippen LogP contribution in [0.2, 0.25) is 0 Å². The minimum atomic E-state index is -3.04. The third-order valence-electron chi connectivity index (χ3n) is 2.61. The molecule has 0 bridgehead atoms. The highest BCUT2D eigenvalue weighted by Crippen LogP contribution is 2.27. The minimum Gasteiger partial charge on any atom is -0.387 e. The lowest BCUT2D eigenvalue weighted by Crippen LogP contribution is -2.21. The third kappa shape index (κ3) is 2.74. The van der Waals surface area contributed by atoms with Crippen LogP contribution in [0.1, 0.15) is 34.1 Å². The summed E-state index contributed by atoms with van der Waals surface area (Å²) in [4.78, 5) is 0.620. The standard InChI is InChI=1S/C11H21NO2S/c1-8(2)10-11(9(3)4)15(13,14)7-5-6-12-10/h8-9,12H,5-7H2,1-4H3. The predicted octanol–water partition coefficient (Wildman–Crippen LogP) is 1.92. The molecule has 0 radical (unpaired) electrons. The monoisotopic (exact) mass is 231 g/mol. The highest BCUT2D eigenvalue weighted by atomic mass is 32.2. The fraction of sp³-hybridized carbons (Fsp3) is 0.818. The molecule has 0 amide bonds. The molecule has 3 nitrogen and oxygen atoms in total. The first-order valence-electron chi connectivity index (χ1n) is 5.57. The number of nitrogens with one attached hydrogen (secondary N) is 1. The number of rotatable bonds is 2. The topological polar surface area (TPSA) is 46.2 Å². The molecule has 0 saturated carbocycles. The van der Waals surface area contributed by atoms with Crippen LogP contribution in [-0.4, -0.2) is 20.7 Å². The average molecular weight is 231 g/mol. The fourth-order valence-electron chi connectivity index (χ4n) is 2.01. The van der Waals surface area contributed by atoms with Gasteiger partial charge in [-0.3, -0.25) is 0 Å². The Morgan fingerprint density at radius 3 is 2.20 bits per heavy atom. The molecule has 15 heavy (non-hydrogen) atoms. The van der Waals surface area contributed by atoms with Crippen LogP contribution in [0.5, 0.6) is 0 Å². The van der Waals surface area contributed by atoms with E-state index >= 15 is 0 Å². The van der Waals surface area contributed by atoms with Gasteiger partial charge in [0.15, 0.2) is 9.84 Å². The Hall–Kier alpha value is -0.510. The van der Waals surface area contributed by atoms with Crippen molar-refractivity contribution in [3.05, 3.63) is 10.6 Å². The molecule has 0 aromatic carbocycles. The van der Waals surface area contributed by atoms with Crippen LogP contribution in [0.3, 0.4) is 0 Å². The van der Waals surface area contributed by atoms with Gasteiger partial charge in [0.05, 0.1) is 10.7 Å². The first kappa shape index (κ1) is 12.6. The second-order valence-corrected chi connectivity index (χ2v) is 6.76. The highest BCUT2D eigenvalue weighted by Gasteiger charge is 2.28. The Morgan fingerprint density at radius 2 is 1.73 bits per heavy atom. The molecular weight excluding hydrogens is 210 g/mol. The Kier molecular flexibility index (Phi) is 3.82. The summed E-state index contributed by atoms with van der Waals surface area (Å²) in [6.07, 6.45) is 0.703. The van der Waals surface area contributed by atoms with Crippen molar-refractivity contribution in [2.24, 2.45) is 11.8 Å². The van der Waals surface area contributed by atoms with Gasteiger partial charge in [-0.15, -0.1) is 0 Å². The van der Waals surface area contributed by atoms with Crippen LogP contribution >= 0.6 is 0 Å². The summed E-state index contributed by atoms with van der Waals surface area (Å²) in [6, 6.07) is 0. The van der Waals surface area contributed by atoms with Crippen LogP contribution in [-0.2, 0) is 9.84 Å². The lowest BCUT2D eigenvalue weighted by Gasteiger charge is -2.19. The van der Waals surface area contributed by atoms with Crippen LogP contribution in [0.25, 0.3) is 0 Å². The van der Waals surface area contributed by atoms with Gasteiger partial charge >= 0.3 is 0 Å². The summed E-state index contributed by atoms with van der Waals surface area (Å²) in [5.74, 6) is 0.595. The van der Waals surface area contributed by atoms with Crippen molar-refractivity contribution in [3.8, 4) is 0 Å². The van der Waals surface area contributed by atoms with Crippen molar-refractivity contribution >= 4 is 9.84 Å². The molecule has 1 heterocycles. The van der Waals surface area contributed by atoms with E-state index in [0.717, 1.165) is 12.2 Å². The molecule has 0 aromatic rings. The summed E-state index contributed by atoms with van der Waals surface area (Å²) < 4.78 is 24.1. The Balaban J connectivity index is 3.30. The molecule has 0 aliphatic carbocycles. The minimum absolute atomic E-state index is 0.0676. The maximum absolute atomic E-state index is 12.1. The van der Waals surface area contributed by atoms with Crippen molar-refractivity contribution in [3.63, 3.8) is 0 Å². The zero-order chi connectivity index (χ0) is 11.6. The molecule has 1 aliphatic rings. The Morgan fingerprint density at radius 1 is 1.13 bits per heavy atom. The quantitative estimate of drug-likeness (QED) is 0.789. The van der Waals surface area contributed by atoms with E-state index in [-0.39, 0.29) is 17.6 Å². The molecule has 0 unspecified atom stereocenters. The molecule has 1 N–H and O–H groups in total. The van der Waals surface area contributed by atoms with Crippen molar-refractivity contribution in [2.75, 3.05) is 12.3 Å². The SMILES string of the molecule is CC(C)C1=C(C(C)C)S(=O)(=O)CCCN1. The van der Waals surface area contributed by atoms with Gasteiger partial charge in [-0.05, 0) is 18.3 Å². The van der Waals surface area contributed by atoms with Crippen LogP contribution in [0.4, 0.5) is 0 Å². The Bertz CT molecular complexity index is 353. The third-order valence-corrected chi connectivity index (χ3v) is 4.80. The van der Waals surface area contributed by atoms with Crippen molar-refractivity contribution in [1.82, 2.24) is 5.32 Å². The molecule has 0 atom stereocenters. The maximum atomic E-state index is 12.1. The van der Waals surface area contributed by atoms with E-state index in [4.69, 9.17) is 0 Å². The van der Waals surface area contributed by atoms with Gasteiger partial charge in [-0.1, -0.05) is 27.7 Å². The van der Waals surface area contributed by atoms with E-state index in [1.807, 2.05) is 27.7 Å². The summed E-state index contributed by atoms with van der Waals surface area (Å²) in [5, 5.41) is 3.27. The molecule has 0 spiro atoms. The van der Waals surface area contributed by atoms with Crippen LogP contribution in [0, 0.1) is 11.8 Å². The molecular formula is C11H21NO2S. The molecule has 88 valence electrons. The van der Waals surface area contributed by atoms with Crippen LogP contribution < -0.4 is 5.32 Å². The maximum Gasteiger partial charge on any atom is 0.176 e. The lowest BCUT2D eigenvalue weighted by atomic mass is 10.1. The number of hydrogen-bond acceptors (Lipinski definition) is 3. The molecule has 1 rings (SSSR count). The van der Waals surface area contributed by atoms with Gasteiger partial charge in [-0.2, -0.15) is 0 Å². The van der Waals surface area contributed by atoms with Gasteiger partial charge in [-0.25, -0.2) is 8.42 Å². The lowest BCUT2D eigenvalue weighted by molar-refractivity contribution is 0.591. The van der Waals surface area contributed by atoms with E-state index in [0.29, 0.717) is 11.3 Å². The second-order valence-electron chi connectivity index (χ2n) is 4.69. The van der Waals surface area contributed by atoms with E-state index in [1.54, 1.807) is 0 Å². The average Bonchev–Trinajstić information content (AvgIpc) is 2.22. The predicted molar refractivity (Wildman–Crippen MR) is 63.1 cm³/mol. The smallest absolute Gasteiger partial charge is 0.176 e. The van der Waals surface area contributed by atoms with E-state index in [1.165, 1.54) is 0 Å². The van der Waals surface area contributed by atoms with E-state index in [2.05, 4.69) is 5.32 Å². The van der Waals surface area contributed by atoms with Gasteiger partial charge in [0.1, 0.15) is 0 Å². The fourth-order valence-corrected chi connectivity index (χ4v) is 4.11. The Labute approximate surface area is 92.9 Å². The number of allylic oxidation sites excluding steroid dienone is 2. The largest absolute Gasteiger partial charge is 0.387 e. The van der Waals surface area contributed by atoms with Crippen molar-refractivity contribution in [1.29, 1.82) is 0 Å². The summed E-state index contributed by atoms with van der Waals surface area (Å²) in [7, 11) is -3.04. The molecule has 4 heteroatoms. The molecule has 1 aliphatic heterocycles. The van der Waals surface area contributed by atoms with Crippen LogP contribution in [0.15, 0.2) is 10.6 Å². The molecule has 0 aromatic heterocycles. The van der Waals surface area contributed by atoms with Gasteiger partial charge < -0.3 is 5.32 Å². The normalized spacial score (nSPS) is 21.7. The second kappa shape index (κ2) is 4.56. The van der Waals surface area contributed by atoms with E-state index < -0.39 is 9.84 Å². The first-order chi connectivity index (χ1) is 6.86. The summed E-state index contributed by atoms with van der Waals surface area (Å²) >= 11 is 0. The zero-order valence-electron chi connectivity index (χ0n) is 10.0. The van der Waals surface area contributed by atoms with Gasteiger partial charge in [0.2, 0.25) is 0 Å². The summed E-state index contributed by atoms with van der Waals surface area (Å²) in [6.45, 7) is 8.73. The van der Waals surface area contributed by atoms with Gasteiger partial charge in [0.25, 0.3) is 0 Å². The number of hydrogen-bond donors (Lipinski definition) is 1. The van der Waals surface area contributed by atoms with E-state index in [9.17, 15) is 8.42 Å². The summed E-state index contributed by atoms with van der Waals surface area (Å²) in [5.41, 5.74) is 0.919. The molecule has 0 saturated heterocycles. The van der Waals surface area contributed by atoms with Crippen molar-refractivity contribution in [2.45, 2.75) is 34.1 Å². The molecule has 0 fully saturated rings. The van der Waals surface area contributed by atoms with Crippen molar-refractivity contribution < 1.29 is 8.42 Å². The highest BCUT2D eigenvalue weighted by molar-refractivity contribution is 7.95.